The van der Waals surface area contributed by atoms with Crippen molar-refractivity contribution in [1.29, 1.82) is 0 Å². The molecule has 20 heavy (non-hydrogen) atoms. The van der Waals surface area contributed by atoms with Crippen molar-refractivity contribution in [2.24, 2.45) is 5.73 Å². The summed E-state index contributed by atoms with van der Waals surface area (Å²) >= 11 is 0. The zero-order valence-electron chi connectivity index (χ0n) is 12.8. The Morgan fingerprint density at radius 2 is 1.80 bits per heavy atom. The molecule has 5 nitrogen and oxygen atoms in total. The van der Waals surface area contributed by atoms with Gasteiger partial charge in [-0.2, -0.15) is 0 Å². The molecule has 0 fully saturated rings. The van der Waals surface area contributed by atoms with Gasteiger partial charge in [-0.05, 0) is 63.4 Å². The Hall–Kier alpha value is -1.88. The van der Waals surface area contributed by atoms with Gasteiger partial charge in [0.05, 0.1) is 6.04 Å². The van der Waals surface area contributed by atoms with Gasteiger partial charge in [0.15, 0.2) is 5.82 Å². The maximum absolute atomic E-state index is 5.89. The summed E-state index contributed by atoms with van der Waals surface area (Å²) in [5.74, 6) is 1.52. The minimum absolute atomic E-state index is 0.165. The largest absolute Gasteiger partial charge is 0.424 e. The highest BCUT2D eigenvalue weighted by molar-refractivity contribution is 5.41. The van der Waals surface area contributed by atoms with Gasteiger partial charge in [0.2, 0.25) is 0 Å². The summed E-state index contributed by atoms with van der Waals surface area (Å²) < 4.78 is 7.78. The standard InChI is InChI=1S/C15H22N4O/c1-6-19-14(12(5)16)17-18-15(19)20-13-7-9(2)11(4)10(3)8-13/h7-8,12H,6,16H2,1-5H3/t12-/m1/s1. The van der Waals surface area contributed by atoms with E-state index in [1.165, 1.54) is 16.7 Å². The maximum Gasteiger partial charge on any atom is 0.322 e. The molecule has 0 amide bonds. The van der Waals surface area contributed by atoms with Crippen LogP contribution in [0.25, 0.3) is 0 Å². The van der Waals surface area contributed by atoms with Crippen LogP contribution in [0.4, 0.5) is 0 Å². The summed E-state index contributed by atoms with van der Waals surface area (Å²) in [6.45, 7) is 10.9. The van der Waals surface area contributed by atoms with Crippen LogP contribution in [0.5, 0.6) is 11.8 Å². The Kier molecular flexibility index (Phi) is 4.09. The van der Waals surface area contributed by atoms with Crippen LogP contribution < -0.4 is 10.5 Å². The molecular formula is C15H22N4O. The molecule has 0 saturated heterocycles. The van der Waals surface area contributed by atoms with Gasteiger partial charge in [-0.15, -0.1) is 5.10 Å². The van der Waals surface area contributed by atoms with Crippen LogP contribution in [-0.2, 0) is 6.54 Å². The zero-order chi connectivity index (χ0) is 14.9. The molecule has 1 aromatic heterocycles. The Bertz CT molecular complexity index is 593. The molecule has 1 aromatic carbocycles. The second-order valence-corrected chi connectivity index (χ2v) is 5.16. The van der Waals surface area contributed by atoms with Crippen molar-refractivity contribution >= 4 is 0 Å². The lowest BCUT2D eigenvalue weighted by Crippen LogP contribution is -2.13. The van der Waals surface area contributed by atoms with Gasteiger partial charge in [-0.25, -0.2) is 0 Å². The first kappa shape index (κ1) is 14.5. The minimum atomic E-state index is -0.165. The van der Waals surface area contributed by atoms with Gasteiger partial charge >= 0.3 is 6.01 Å². The molecule has 0 saturated carbocycles. The number of rotatable bonds is 4. The molecule has 5 heteroatoms. The third-order valence-electron chi connectivity index (χ3n) is 3.58. The summed E-state index contributed by atoms with van der Waals surface area (Å²) in [7, 11) is 0. The predicted molar refractivity (Wildman–Crippen MR) is 79.0 cm³/mol. The van der Waals surface area contributed by atoms with Crippen molar-refractivity contribution in [2.45, 2.75) is 47.2 Å². The Morgan fingerprint density at radius 3 is 2.30 bits per heavy atom. The third kappa shape index (κ3) is 2.67. The first-order chi connectivity index (χ1) is 9.43. The topological polar surface area (TPSA) is 66.0 Å². The molecular weight excluding hydrogens is 252 g/mol. The number of hydrogen-bond acceptors (Lipinski definition) is 4. The Labute approximate surface area is 119 Å². The van der Waals surface area contributed by atoms with Crippen molar-refractivity contribution in [3.05, 3.63) is 34.6 Å². The van der Waals surface area contributed by atoms with E-state index in [0.717, 1.165) is 18.1 Å². The summed E-state index contributed by atoms with van der Waals surface area (Å²) in [5, 5.41) is 8.20. The first-order valence-corrected chi connectivity index (χ1v) is 6.88. The van der Waals surface area contributed by atoms with Gasteiger partial charge < -0.3 is 10.5 Å². The fourth-order valence-corrected chi connectivity index (χ4v) is 2.17. The van der Waals surface area contributed by atoms with Crippen molar-refractivity contribution in [1.82, 2.24) is 14.8 Å². The summed E-state index contributed by atoms with van der Waals surface area (Å²) in [6.07, 6.45) is 0. The van der Waals surface area contributed by atoms with Crippen LogP contribution >= 0.6 is 0 Å². The number of aryl methyl sites for hydroxylation is 2. The molecule has 1 heterocycles. The Balaban J connectivity index is 2.35. The van der Waals surface area contributed by atoms with Crippen LogP contribution in [0.3, 0.4) is 0 Å². The lowest BCUT2D eigenvalue weighted by Gasteiger charge is -2.12. The van der Waals surface area contributed by atoms with E-state index in [-0.39, 0.29) is 6.04 Å². The third-order valence-corrected chi connectivity index (χ3v) is 3.58. The van der Waals surface area contributed by atoms with Crippen molar-refractivity contribution < 1.29 is 4.74 Å². The SMILES string of the molecule is CCn1c(Oc2cc(C)c(C)c(C)c2)nnc1[C@@H](C)N. The lowest BCUT2D eigenvalue weighted by molar-refractivity contribution is 0.408. The van der Waals surface area contributed by atoms with Gasteiger partial charge in [-0.3, -0.25) is 4.57 Å². The Morgan fingerprint density at radius 1 is 1.20 bits per heavy atom. The van der Waals surface area contributed by atoms with Gasteiger partial charge in [0.25, 0.3) is 0 Å². The molecule has 0 aliphatic carbocycles. The fraction of sp³-hybridized carbons (Fsp3) is 0.467. The van der Waals surface area contributed by atoms with Crippen molar-refractivity contribution in [3.8, 4) is 11.8 Å². The van der Waals surface area contributed by atoms with Crippen molar-refractivity contribution in [3.63, 3.8) is 0 Å². The molecule has 108 valence electrons. The zero-order valence-corrected chi connectivity index (χ0v) is 12.8. The highest BCUT2D eigenvalue weighted by atomic mass is 16.5. The molecule has 0 aliphatic rings. The van der Waals surface area contributed by atoms with Crippen molar-refractivity contribution in [2.75, 3.05) is 0 Å². The fourth-order valence-electron chi connectivity index (χ4n) is 2.17. The summed E-state index contributed by atoms with van der Waals surface area (Å²) in [6, 6.07) is 4.36. The van der Waals surface area contributed by atoms with Crippen LogP contribution in [-0.4, -0.2) is 14.8 Å². The molecule has 0 radical (unpaired) electrons. The highest BCUT2D eigenvalue weighted by Crippen LogP contribution is 2.26. The van der Waals surface area contributed by atoms with E-state index in [9.17, 15) is 0 Å². The van der Waals surface area contributed by atoms with E-state index in [1.807, 2.05) is 30.5 Å². The van der Waals surface area contributed by atoms with E-state index in [4.69, 9.17) is 10.5 Å². The molecule has 0 bridgehead atoms. The second kappa shape index (κ2) is 5.63. The highest BCUT2D eigenvalue weighted by Gasteiger charge is 2.16. The van der Waals surface area contributed by atoms with Gasteiger partial charge in [-0.1, -0.05) is 5.10 Å². The lowest BCUT2D eigenvalue weighted by atomic mass is 10.0. The smallest absolute Gasteiger partial charge is 0.322 e. The van der Waals surface area contributed by atoms with E-state index in [1.54, 1.807) is 0 Å². The number of benzene rings is 1. The van der Waals surface area contributed by atoms with Crippen LogP contribution in [0, 0.1) is 20.8 Å². The van der Waals surface area contributed by atoms with Crippen LogP contribution in [0.15, 0.2) is 12.1 Å². The molecule has 0 spiro atoms. The first-order valence-electron chi connectivity index (χ1n) is 6.88. The van der Waals surface area contributed by atoms with E-state index >= 15 is 0 Å². The molecule has 0 aliphatic heterocycles. The number of ether oxygens (including phenoxy) is 1. The van der Waals surface area contributed by atoms with Crippen LogP contribution in [0.1, 0.15) is 42.4 Å². The minimum Gasteiger partial charge on any atom is -0.424 e. The molecule has 0 unspecified atom stereocenters. The number of nitrogens with two attached hydrogens (primary N) is 1. The van der Waals surface area contributed by atoms with E-state index in [0.29, 0.717) is 6.01 Å². The van der Waals surface area contributed by atoms with Gasteiger partial charge in [0.1, 0.15) is 5.75 Å². The van der Waals surface area contributed by atoms with E-state index < -0.39 is 0 Å². The molecule has 2 aromatic rings. The summed E-state index contributed by atoms with van der Waals surface area (Å²) in [5.41, 5.74) is 9.58. The predicted octanol–water partition coefficient (Wildman–Crippen LogP) is 3.04. The maximum atomic E-state index is 5.89. The quantitative estimate of drug-likeness (QED) is 0.930. The average molecular weight is 274 g/mol. The second-order valence-electron chi connectivity index (χ2n) is 5.16. The van der Waals surface area contributed by atoms with Crippen LogP contribution in [0.2, 0.25) is 0 Å². The number of aromatic nitrogens is 3. The monoisotopic (exact) mass is 274 g/mol. The molecule has 1 atom stereocenters. The molecule has 2 N–H and O–H groups in total. The summed E-state index contributed by atoms with van der Waals surface area (Å²) in [4.78, 5) is 0. The normalized spacial score (nSPS) is 12.5. The van der Waals surface area contributed by atoms with E-state index in [2.05, 4.69) is 31.0 Å². The average Bonchev–Trinajstić information content (AvgIpc) is 2.78. The number of nitrogens with zero attached hydrogens (tertiary/aromatic N) is 3. The van der Waals surface area contributed by atoms with Gasteiger partial charge in [0, 0.05) is 6.54 Å². The molecule has 2 rings (SSSR count). The number of hydrogen-bond donors (Lipinski definition) is 1.